The number of carbonyl (C=O) groups excluding carboxylic acids is 1. The molecule has 1 saturated carbocycles. The summed E-state index contributed by atoms with van der Waals surface area (Å²) in [4.78, 5) is 23.7. The lowest BCUT2D eigenvalue weighted by atomic mass is 9.80. The van der Waals surface area contributed by atoms with Crippen LogP contribution in [0.1, 0.15) is 47.0 Å². The average Bonchev–Trinajstić information content (AvgIpc) is 3.35. The summed E-state index contributed by atoms with van der Waals surface area (Å²) in [5.74, 6) is -0.0360. The Morgan fingerprint density at radius 3 is 2.71 bits per heavy atom. The summed E-state index contributed by atoms with van der Waals surface area (Å²) >= 11 is 1.22. The molecule has 3 aromatic rings. The minimum Gasteiger partial charge on any atom is -0.323 e. The smallest absolute Gasteiger partial charge is 0.323 e. The standard InChI is InChI=1S/C23H25FN6O3S2/c1-14-3-6-16(11-17(14)24)23(21-26-13-27-34-21)9-10-30(12-23)22(31)29-20-19(35(32,33)25-2)8-7-18(28-20)15-4-5-15/h3,6-8,11,13,15,25H,4-5,9-10,12H2,1-2H3,(H,28,29,31)/t23-/m0/s1. The van der Waals surface area contributed by atoms with Crippen LogP contribution in [0.5, 0.6) is 0 Å². The Bertz CT molecular complexity index is 1380. The molecule has 12 heteroatoms. The van der Waals surface area contributed by atoms with Crippen LogP contribution in [0.2, 0.25) is 0 Å². The Kier molecular flexibility index (Phi) is 6.06. The summed E-state index contributed by atoms with van der Waals surface area (Å²) in [5, 5.41) is 3.42. The van der Waals surface area contributed by atoms with Crippen molar-refractivity contribution in [3.8, 4) is 0 Å². The number of aryl methyl sites for hydroxylation is 1. The molecule has 0 bridgehead atoms. The van der Waals surface area contributed by atoms with Gasteiger partial charge in [0.25, 0.3) is 0 Å². The highest BCUT2D eigenvalue weighted by atomic mass is 32.2. The molecular formula is C23H25FN6O3S2. The number of hydrogen-bond donors (Lipinski definition) is 2. The molecule has 3 heterocycles. The van der Waals surface area contributed by atoms with E-state index in [2.05, 4.69) is 24.4 Å². The van der Waals surface area contributed by atoms with Gasteiger partial charge in [0.05, 0.1) is 5.41 Å². The summed E-state index contributed by atoms with van der Waals surface area (Å²) in [5.41, 5.74) is 1.31. The number of anilines is 1. The second kappa shape index (κ2) is 8.92. The van der Waals surface area contributed by atoms with Crippen molar-refractivity contribution >= 4 is 33.4 Å². The zero-order chi connectivity index (χ0) is 24.8. The Hall–Kier alpha value is -2.96. The monoisotopic (exact) mass is 516 g/mol. The lowest BCUT2D eigenvalue weighted by Gasteiger charge is -2.28. The molecule has 5 rings (SSSR count). The van der Waals surface area contributed by atoms with Crippen molar-refractivity contribution in [1.29, 1.82) is 0 Å². The Morgan fingerprint density at radius 1 is 1.26 bits per heavy atom. The van der Waals surface area contributed by atoms with Crippen LogP contribution in [0.4, 0.5) is 15.0 Å². The number of aromatic nitrogens is 3. The third kappa shape index (κ3) is 4.41. The predicted octanol–water partition coefficient (Wildman–Crippen LogP) is 3.39. The maximum atomic E-state index is 14.5. The zero-order valence-corrected chi connectivity index (χ0v) is 20.9. The third-order valence-electron chi connectivity index (χ3n) is 6.71. The normalized spacial score (nSPS) is 20.3. The number of amides is 2. The third-order valence-corrected chi connectivity index (χ3v) is 9.03. The van der Waals surface area contributed by atoms with Crippen molar-refractivity contribution in [2.75, 3.05) is 25.5 Å². The molecule has 2 amide bonds. The topological polar surface area (TPSA) is 117 Å². The van der Waals surface area contributed by atoms with Gasteiger partial charge in [0.15, 0.2) is 5.82 Å². The molecule has 2 aliphatic rings. The SMILES string of the molecule is CNS(=O)(=O)c1ccc(C2CC2)nc1NC(=O)N1CC[C@](c2ccc(C)c(F)c2)(c2ncns2)C1. The van der Waals surface area contributed by atoms with Gasteiger partial charge in [-0.2, -0.15) is 4.37 Å². The first-order valence-corrected chi connectivity index (χ1v) is 13.5. The van der Waals surface area contributed by atoms with Gasteiger partial charge in [-0.1, -0.05) is 12.1 Å². The summed E-state index contributed by atoms with van der Waals surface area (Å²) in [6, 6.07) is 7.78. The van der Waals surface area contributed by atoms with Gasteiger partial charge in [-0.15, -0.1) is 0 Å². The number of sulfonamides is 1. The Morgan fingerprint density at radius 2 is 2.06 bits per heavy atom. The molecular weight excluding hydrogens is 491 g/mol. The summed E-state index contributed by atoms with van der Waals surface area (Å²) < 4.78 is 46.0. The second-order valence-corrected chi connectivity index (χ2v) is 11.6. The van der Waals surface area contributed by atoms with Gasteiger partial charge in [0, 0.05) is 24.7 Å². The van der Waals surface area contributed by atoms with Crippen LogP contribution in [-0.4, -0.2) is 53.8 Å². The summed E-state index contributed by atoms with van der Waals surface area (Å²) in [6.45, 7) is 2.31. The van der Waals surface area contributed by atoms with E-state index >= 15 is 0 Å². The second-order valence-electron chi connectivity index (χ2n) is 8.96. The lowest BCUT2D eigenvalue weighted by molar-refractivity contribution is 0.220. The van der Waals surface area contributed by atoms with Crippen LogP contribution in [0.25, 0.3) is 0 Å². The van der Waals surface area contributed by atoms with Gasteiger partial charge in [0.2, 0.25) is 10.0 Å². The van der Waals surface area contributed by atoms with Crippen LogP contribution < -0.4 is 10.0 Å². The van der Waals surface area contributed by atoms with Gasteiger partial charge in [-0.3, -0.25) is 5.32 Å². The zero-order valence-electron chi connectivity index (χ0n) is 19.3. The first-order chi connectivity index (χ1) is 16.7. The fourth-order valence-electron chi connectivity index (χ4n) is 4.46. The van der Waals surface area contributed by atoms with Crippen molar-refractivity contribution in [3.63, 3.8) is 0 Å². The highest BCUT2D eigenvalue weighted by Gasteiger charge is 2.45. The fraction of sp³-hybridized carbons (Fsp3) is 0.391. The Labute approximate surface area is 207 Å². The average molecular weight is 517 g/mol. The van der Waals surface area contributed by atoms with Gasteiger partial charge in [-0.25, -0.2) is 32.3 Å². The molecule has 35 heavy (non-hydrogen) atoms. The number of urea groups is 1. The highest BCUT2D eigenvalue weighted by molar-refractivity contribution is 7.89. The van der Waals surface area contributed by atoms with E-state index in [1.807, 2.05) is 6.07 Å². The van der Waals surface area contributed by atoms with Gasteiger partial charge in [0.1, 0.15) is 22.0 Å². The van der Waals surface area contributed by atoms with Gasteiger partial charge in [-0.05, 0) is 74.1 Å². The number of pyridine rings is 1. The molecule has 2 aromatic heterocycles. The number of nitrogens with one attached hydrogen (secondary N) is 2. The largest absolute Gasteiger partial charge is 0.323 e. The molecule has 1 atom stereocenters. The van der Waals surface area contributed by atoms with Crippen LogP contribution in [0.3, 0.4) is 0 Å². The van der Waals surface area contributed by atoms with Crippen molar-refractivity contribution in [1.82, 2.24) is 24.0 Å². The van der Waals surface area contributed by atoms with E-state index in [0.29, 0.717) is 23.5 Å². The number of hydrogen-bond acceptors (Lipinski definition) is 7. The first-order valence-electron chi connectivity index (χ1n) is 11.3. The van der Waals surface area contributed by atoms with Crippen LogP contribution in [-0.2, 0) is 15.4 Å². The van der Waals surface area contributed by atoms with E-state index in [0.717, 1.165) is 24.1 Å². The van der Waals surface area contributed by atoms with Crippen molar-refractivity contribution < 1.29 is 17.6 Å². The quantitative estimate of drug-likeness (QED) is 0.519. The summed E-state index contributed by atoms with van der Waals surface area (Å²) in [7, 11) is -2.52. The van der Waals surface area contributed by atoms with E-state index in [1.54, 1.807) is 24.0 Å². The van der Waals surface area contributed by atoms with Crippen molar-refractivity contribution in [2.24, 2.45) is 0 Å². The molecule has 184 valence electrons. The maximum Gasteiger partial charge on any atom is 0.323 e. The lowest BCUT2D eigenvalue weighted by Crippen LogP contribution is -2.38. The molecule has 1 saturated heterocycles. The molecule has 9 nitrogen and oxygen atoms in total. The molecule has 0 unspecified atom stereocenters. The van der Waals surface area contributed by atoms with Gasteiger partial charge < -0.3 is 4.90 Å². The molecule has 0 spiro atoms. The maximum absolute atomic E-state index is 14.5. The van der Waals surface area contributed by atoms with E-state index in [-0.39, 0.29) is 29.0 Å². The van der Waals surface area contributed by atoms with Crippen LogP contribution in [0, 0.1) is 12.7 Å². The molecule has 0 radical (unpaired) electrons. The minimum atomic E-state index is -3.83. The van der Waals surface area contributed by atoms with Crippen molar-refractivity contribution in [2.45, 2.75) is 42.4 Å². The number of likely N-dealkylation sites (tertiary alicyclic amines) is 1. The first kappa shape index (κ1) is 23.8. The van der Waals surface area contributed by atoms with Crippen molar-refractivity contribution in [3.05, 3.63) is 64.3 Å². The predicted molar refractivity (Wildman–Crippen MR) is 129 cm³/mol. The van der Waals surface area contributed by atoms with Crippen LogP contribution >= 0.6 is 11.5 Å². The molecule has 1 aliphatic heterocycles. The fourth-order valence-corrected chi connectivity index (χ4v) is 6.02. The summed E-state index contributed by atoms with van der Waals surface area (Å²) in [6.07, 6.45) is 3.96. The number of halogens is 1. The van der Waals surface area contributed by atoms with E-state index < -0.39 is 21.5 Å². The van der Waals surface area contributed by atoms with E-state index in [9.17, 15) is 17.6 Å². The Balaban J connectivity index is 1.46. The molecule has 1 aliphatic carbocycles. The van der Waals surface area contributed by atoms with Crippen LogP contribution in [0.15, 0.2) is 41.6 Å². The number of rotatable bonds is 6. The minimum absolute atomic E-state index is 0.00328. The molecule has 1 aromatic carbocycles. The molecule has 2 N–H and O–H groups in total. The van der Waals surface area contributed by atoms with Gasteiger partial charge >= 0.3 is 6.03 Å². The number of nitrogens with zero attached hydrogens (tertiary/aromatic N) is 4. The van der Waals surface area contributed by atoms with E-state index in [4.69, 9.17) is 0 Å². The number of carbonyl (C=O) groups is 1. The van der Waals surface area contributed by atoms with E-state index in [1.165, 1.54) is 37.0 Å². The molecule has 2 fully saturated rings. The number of benzene rings is 1. The highest BCUT2D eigenvalue weighted by Crippen LogP contribution is 2.42.